The largest absolute Gasteiger partial charge is 0.737 e. The van der Waals surface area contributed by atoms with Gasteiger partial charge in [-0.25, -0.2) is 4.79 Å². The molecule has 2 atom stereocenters. The highest BCUT2D eigenvalue weighted by Gasteiger charge is 2.55. The van der Waals surface area contributed by atoms with Gasteiger partial charge in [0.2, 0.25) is 17.7 Å². The number of carbonyl (C=O) groups is 6. The van der Waals surface area contributed by atoms with Crippen molar-refractivity contribution < 1.29 is 86.4 Å². The minimum absolute atomic E-state index is 0.0290. The number of nitrogens with one attached hydrogen (secondary N) is 4. The minimum atomic E-state index is -4.66. The van der Waals surface area contributed by atoms with E-state index in [2.05, 4.69) is 63.2 Å². The number of ether oxygens (including phenoxy) is 1. The fraction of sp³-hybridized carbons (Fsp3) is 0.571. The number of unbranched alkanes of at least 4 members (excludes halogenated alkanes) is 4. The van der Waals surface area contributed by atoms with Crippen molar-refractivity contribution in [3.05, 3.63) is 93.7 Å². The van der Waals surface area contributed by atoms with Gasteiger partial charge in [-0.1, -0.05) is 24.6 Å². The lowest BCUT2D eigenvalue weighted by Crippen LogP contribution is -2.54. The molecule has 508 valence electrons. The number of nitrogens with zero attached hydrogens (tertiary/aromatic N) is 6. The zero-order chi connectivity index (χ0) is 67.6. The van der Waals surface area contributed by atoms with Crippen LogP contribution in [0, 0.1) is 6.92 Å². The number of carbonyl (C=O) groups excluding carboxylic acids is 6. The summed E-state index contributed by atoms with van der Waals surface area (Å²) in [4.78, 5) is 87.4. The molecule has 3 aromatic rings. The number of aryl methyl sites for hydroxylation is 2. The Morgan fingerprint density at radius 2 is 1.37 bits per heavy atom. The van der Waals surface area contributed by atoms with Crippen molar-refractivity contribution in [1.29, 1.82) is 0 Å². The molecule has 6 N–H and O–H groups in total. The number of imide groups is 1. The van der Waals surface area contributed by atoms with Gasteiger partial charge in [-0.15, -0.1) is 5.06 Å². The Morgan fingerprint density at radius 1 is 0.750 bits per heavy atom. The maximum absolute atomic E-state index is 17.5. The predicted octanol–water partition coefficient (Wildman–Crippen LogP) is 5.90. The summed E-state index contributed by atoms with van der Waals surface area (Å²) in [5.74, 6) is -3.49. The van der Waals surface area contributed by atoms with Crippen molar-refractivity contribution in [3.63, 3.8) is 0 Å². The number of H-pyrrole nitrogens is 1. The molecular formula is C63H95BF2N10O14S2+2. The van der Waals surface area contributed by atoms with Crippen molar-refractivity contribution in [1.82, 2.24) is 35.4 Å². The van der Waals surface area contributed by atoms with Crippen LogP contribution in [0.3, 0.4) is 0 Å². The fourth-order valence-corrected chi connectivity index (χ4v) is 12.2. The number of hydrogen-bond donors (Lipinski definition) is 6. The Balaban J connectivity index is 1.06. The minimum Gasteiger partial charge on any atom is -0.494 e. The maximum Gasteiger partial charge on any atom is 0.737 e. The van der Waals surface area contributed by atoms with E-state index in [1.54, 1.807) is 67.6 Å². The first-order chi connectivity index (χ1) is 43.2. The molecule has 0 aliphatic carbocycles. The molecule has 0 spiro atoms. The Bertz CT molecular complexity index is 3450. The topological polar surface area (TPSA) is 296 Å². The molecule has 0 bridgehead atoms. The predicted molar refractivity (Wildman–Crippen MR) is 348 cm³/mol. The second kappa shape index (κ2) is 33.3. The summed E-state index contributed by atoms with van der Waals surface area (Å²) in [6, 6.07) is 10.1. The molecule has 6 rings (SSSR count). The van der Waals surface area contributed by atoms with Crippen LogP contribution in [0.2, 0.25) is 0 Å². The molecular weight excluding hydrogens is 1230 g/mol. The highest BCUT2D eigenvalue weighted by molar-refractivity contribution is 7.86. The monoisotopic (exact) mass is 1330 g/mol. The van der Waals surface area contributed by atoms with Crippen molar-refractivity contribution in [2.75, 3.05) is 100 Å². The molecule has 5 amide bonds. The summed E-state index contributed by atoms with van der Waals surface area (Å²) in [6.45, 7) is 0.517. The number of aromatic amines is 1. The summed E-state index contributed by atoms with van der Waals surface area (Å²) in [5.41, 5.74) is 3.12. The van der Waals surface area contributed by atoms with Gasteiger partial charge < -0.3 is 62.0 Å². The van der Waals surface area contributed by atoms with Crippen LogP contribution in [-0.2, 0) is 60.3 Å². The molecule has 3 aliphatic rings. The van der Waals surface area contributed by atoms with Gasteiger partial charge >= 0.3 is 12.9 Å². The number of hydrogen-bond acceptors (Lipinski definition) is 13. The lowest BCUT2D eigenvalue weighted by atomic mass is 9.88. The van der Waals surface area contributed by atoms with Gasteiger partial charge in [0.05, 0.1) is 73.5 Å². The Kier molecular flexibility index (Phi) is 26.8. The van der Waals surface area contributed by atoms with E-state index in [9.17, 15) is 54.7 Å². The third kappa shape index (κ3) is 23.9. The first-order valence-corrected chi connectivity index (χ1v) is 34.9. The van der Waals surface area contributed by atoms with E-state index in [0.29, 0.717) is 97.8 Å². The van der Waals surface area contributed by atoms with Crippen molar-refractivity contribution in [3.8, 4) is 5.75 Å². The van der Waals surface area contributed by atoms with Gasteiger partial charge in [-0.05, 0) is 152 Å². The smallest absolute Gasteiger partial charge is 0.494 e. The molecule has 24 nitrogen and oxygen atoms in total. The van der Waals surface area contributed by atoms with Gasteiger partial charge in [0.15, 0.2) is 11.4 Å². The average Bonchev–Trinajstić information content (AvgIpc) is 1.53. The molecule has 3 aliphatic heterocycles. The second-order valence-electron chi connectivity index (χ2n) is 26.2. The van der Waals surface area contributed by atoms with E-state index in [1.165, 1.54) is 6.08 Å². The normalized spacial score (nSPS) is 15.8. The van der Waals surface area contributed by atoms with Crippen LogP contribution < -0.4 is 20.7 Å². The number of hydroxylamine groups is 2. The quantitative estimate of drug-likeness (QED) is 0.0127. The number of benzene rings is 1. The van der Waals surface area contributed by atoms with Gasteiger partial charge in [-0.2, -0.15) is 16.8 Å². The third-order valence-electron chi connectivity index (χ3n) is 16.0. The second-order valence-corrected chi connectivity index (χ2v) is 29.4. The lowest BCUT2D eigenvalue weighted by molar-refractivity contribution is -0.870. The summed E-state index contributed by atoms with van der Waals surface area (Å²) in [7, 11) is 5.75. The number of likely N-dealkylation sites (N-methyl/N-ethyl adjacent to an activating group) is 1. The van der Waals surface area contributed by atoms with E-state index in [-0.39, 0.29) is 92.6 Å². The molecule has 1 saturated heterocycles. The highest BCUT2D eigenvalue weighted by atomic mass is 32.2. The average molecular weight is 1330 g/mol. The molecule has 2 aromatic heterocycles. The van der Waals surface area contributed by atoms with E-state index < -0.39 is 74.5 Å². The number of amides is 5. The van der Waals surface area contributed by atoms with Gasteiger partial charge in [0.25, 0.3) is 32.1 Å². The summed E-state index contributed by atoms with van der Waals surface area (Å²) in [6.07, 6.45) is 12.5. The first kappa shape index (κ1) is 74.2. The zero-order valence-corrected chi connectivity index (χ0v) is 56.1. The van der Waals surface area contributed by atoms with E-state index >= 15 is 8.63 Å². The van der Waals surface area contributed by atoms with Gasteiger partial charge in [0.1, 0.15) is 23.5 Å². The molecule has 29 heteroatoms. The molecule has 0 radical (unpaired) electrons. The maximum atomic E-state index is 17.5. The van der Waals surface area contributed by atoms with Crippen LogP contribution in [0.4, 0.5) is 8.63 Å². The number of aromatic nitrogens is 2. The van der Waals surface area contributed by atoms with Gasteiger partial charge in [0, 0.05) is 73.6 Å². The molecule has 92 heavy (non-hydrogen) atoms. The van der Waals surface area contributed by atoms with Crippen molar-refractivity contribution >= 4 is 86.7 Å². The van der Waals surface area contributed by atoms with E-state index in [4.69, 9.17) is 9.57 Å². The summed E-state index contributed by atoms with van der Waals surface area (Å²) >= 11 is 0. The number of quaternary nitrogens is 2. The molecule has 5 heterocycles. The third-order valence-corrected chi connectivity index (χ3v) is 17.6. The van der Waals surface area contributed by atoms with Crippen molar-refractivity contribution in [2.45, 2.75) is 135 Å². The SMILES string of the molecule is Cc1ccc(C2=[N+]3C(=Cc4c(CCCS(=O)(=O)O)cc(/C=C/c5ccc(OCCCC(=O)NC(CCCC[N+](C)(C)C)C(=O)NC(CCCC[N+](C)(C)C)C(=O)NCCN(C)CCCCCC(=O)ON6C(=O)CCC6=O)cc5)n4[B-]3(F)F)C(CCCS(=O)(=O)O)=C2)[nH]1. The number of fused-ring (bicyclic) bond motifs is 2. The Morgan fingerprint density at radius 3 is 1.97 bits per heavy atom. The van der Waals surface area contributed by atoms with Gasteiger partial charge in [-0.3, -0.25) is 33.1 Å². The molecule has 1 aromatic carbocycles. The van der Waals surface area contributed by atoms with E-state index in [1.807, 2.05) is 11.9 Å². The van der Waals surface area contributed by atoms with E-state index in [0.717, 1.165) is 56.0 Å². The fourth-order valence-electron chi connectivity index (χ4n) is 11.2. The summed E-state index contributed by atoms with van der Waals surface area (Å²) in [5, 5.41) is 9.46. The lowest BCUT2D eigenvalue weighted by Gasteiger charge is -2.31. The zero-order valence-electron chi connectivity index (χ0n) is 54.5. The van der Waals surface area contributed by atoms with Crippen LogP contribution in [0.5, 0.6) is 5.75 Å². The molecule has 2 unspecified atom stereocenters. The Labute approximate surface area is 540 Å². The van der Waals surface area contributed by atoms with Crippen LogP contribution in [0.1, 0.15) is 143 Å². The number of halogens is 2. The summed E-state index contributed by atoms with van der Waals surface area (Å²) < 4.78 is 110. The molecule has 1 fully saturated rings. The standard InChI is InChI=1S/C63H93BF2N10O14S2/c1-46-25-32-52(68-46)57-44-49(20-18-42-92(86,87)88)56-45-55-48(19-17-41-91(83,84)85)43-50(72(55)64(65,66)73(56)57)29-26-47-27-30-51(31-28-47)89-40-16-23-58(77)69-54(22-12-15-39-76(6,7)8)63(82)70-53(21-11-14-38-75(3,4)5)62(81)67-35-37-71(2)36-13-9-10-24-61(80)90-74-59(78)33-34-60(74)79/h25-32,43-45,53-54,68H,9-24,33-42H2,1-8H3,(H3-2,67,69,70,77,81,82,83,84,85,86,87,88)/p+2/b29-26+. The van der Waals surface area contributed by atoms with Crippen molar-refractivity contribution in [2.24, 2.45) is 0 Å². The van der Waals surface area contributed by atoms with Crippen LogP contribution >= 0.6 is 0 Å². The molecule has 0 saturated carbocycles. The number of rotatable bonds is 40. The van der Waals surface area contributed by atoms with Crippen LogP contribution in [-0.4, -0.2) is 219 Å². The van der Waals surface area contributed by atoms with Crippen LogP contribution in [0.15, 0.2) is 59.8 Å². The highest BCUT2D eigenvalue weighted by Crippen LogP contribution is 2.40. The Hall–Kier alpha value is -6.89. The van der Waals surface area contributed by atoms with Crippen LogP contribution in [0.25, 0.3) is 18.2 Å². The number of allylic oxidation sites excluding steroid dienone is 2. The first-order valence-electron chi connectivity index (χ1n) is 31.7.